The number of anilines is 1. The monoisotopic (exact) mass is 466 g/mol. The summed E-state index contributed by atoms with van der Waals surface area (Å²) in [6.07, 6.45) is 3.19. The summed E-state index contributed by atoms with van der Waals surface area (Å²) in [7, 11) is 0. The Kier molecular flexibility index (Phi) is 7.11. The molecular formula is C24H37F3N6. The minimum atomic E-state index is -2.35. The van der Waals surface area contributed by atoms with Crippen LogP contribution in [0.25, 0.3) is 0 Å². The van der Waals surface area contributed by atoms with Crippen LogP contribution in [0.15, 0.2) is 18.3 Å². The van der Waals surface area contributed by atoms with Gasteiger partial charge in [0.2, 0.25) is 0 Å². The number of nitrogens with one attached hydrogen (secondary N) is 3. The number of hydrazine groups is 1. The molecule has 4 unspecified atom stereocenters. The first-order chi connectivity index (χ1) is 16.0. The van der Waals surface area contributed by atoms with Crippen molar-refractivity contribution in [2.45, 2.75) is 63.2 Å². The Morgan fingerprint density at radius 1 is 1.18 bits per heavy atom. The Balaban J connectivity index is 1.30. The Morgan fingerprint density at radius 2 is 2.03 bits per heavy atom. The van der Waals surface area contributed by atoms with E-state index in [1.807, 2.05) is 23.2 Å². The van der Waals surface area contributed by atoms with Crippen molar-refractivity contribution in [3.8, 4) is 0 Å². The highest BCUT2D eigenvalue weighted by molar-refractivity contribution is 5.43. The van der Waals surface area contributed by atoms with E-state index in [0.29, 0.717) is 36.3 Å². The molecule has 0 spiro atoms. The van der Waals surface area contributed by atoms with E-state index < -0.39 is 6.43 Å². The maximum absolute atomic E-state index is 13.6. The van der Waals surface area contributed by atoms with Crippen molar-refractivity contribution in [2.24, 2.45) is 17.8 Å². The van der Waals surface area contributed by atoms with Crippen molar-refractivity contribution < 1.29 is 13.2 Å². The average Bonchev–Trinajstić information content (AvgIpc) is 3.25. The second-order valence-corrected chi connectivity index (χ2v) is 10.4. The average molecular weight is 467 g/mol. The number of piperidine rings is 1. The number of pyridine rings is 1. The molecule has 1 saturated carbocycles. The number of halogens is 3. The van der Waals surface area contributed by atoms with E-state index in [2.05, 4.69) is 28.0 Å². The van der Waals surface area contributed by atoms with Crippen LogP contribution < -0.4 is 16.2 Å². The van der Waals surface area contributed by atoms with Crippen molar-refractivity contribution in [2.75, 3.05) is 44.7 Å². The maximum atomic E-state index is 13.6. The van der Waals surface area contributed by atoms with Crippen LogP contribution in [0.1, 0.15) is 44.3 Å². The summed E-state index contributed by atoms with van der Waals surface area (Å²) in [6.45, 7) is 5.24. The van der Waals surface area contributed by atoms with E-state index in [9.17, 15) is 13.2 Å². The SMILES string of the molecule is C[C@@H]1CC2C3CNNC3CCC2[C@@H](c2ccc(NC3CN(CCCF)C3)cn2)N1CC(F)F. The second kappa shape index (κ2) is 10.1. The molecule has 4 aliphatic rings. The predicted octanol–water partition coefficient (Wildman–Crippen LogP) is 3.06. The molecule has 3 saturated heterocycles. The van der Waals surface area contributed by atoms with Crippen LogP contribution in [0.2, 0.25) is 0 Å². The number of hydrogen-bond acceptors (Lipinski definition) is 6. The lowest BCUT2D eigenvalue weighted by Gasteiger charge is -2.53. The summed E-state index contributed by atoms with van der Waals surface area (Å²) in [5, 5.41) is 3.51. The van der Waals surface area contributed by atoms with Gasteiger partial charge < -0.3 is 5.32 Å². The van der Waals surface area contributed by atoms with Crippen molar-refractivity contribution in [1.29, 1.82) is 0 Å². The van der Waals surface area contributed by atoms with Gasteiger partial charge in [-0.05, 0) is 62.5 Å². The van der Waals surface area contributed by atoms with Gasteiger partial charge in [0.1, 0.15) is 0 Å². The quantitative estimate of drug-likeness (QED) is 0.548. The molecule has 184 valence electrons. The number of rotatable bonds is 8. The lowest BCUT2D eigenvalue weighted by molar-refractivity contribution is -0.0624. The van der Waals surface area contributed by atoms with Crippen LogP contribution in [0.3, 0.4) is 0 Å². The van der Waals surface area contributed by atoms with Crippen LogP contribution in [-0.2, 0) is 0 Å². The third kappa shape index (κ3) is 4.88. The lowest BCUT2D eigenvalue weighted by Crippen LogP contribution is -2.55. The largest absolute Gasteiger partial charge is 0.378 e. The van der Waals surface area contributed by atoms with Crippen LogP contribution in [0, 0.1) is 17.8 Å². The van der Waals surface area contributed by atoms with Gasteiger partial charge in [-0.3, -0.25) is 30.0 Å². The minimum Gasteiger partial charge on any atom is -0.378 e. The fourth-order valence-electron chi connectivity index (χ4n) is 6.86. The van der Waals surface area contributed by atoms with Gasteiger partial charge in [-0.1, -0.05) is 0 Å². The molecule has 1 aromatic heterocycles. The molecule has 0 amide bonds. The molecule has 1 aromatic rings. The van der Waals surface area contributed by atoms with Crippen molar-refractivity contribution in [3.63, 3.8) is 0 Å². The van der Waals surface area contributed by atoms with Crippen LogP contribution >= 0.6 is 0 Å². The summed E-state index contributed by atoms with van der Waals surface area (Å²) >= 11 is 0. The summed E-state index contributed by atoms with van der Waals surface area (Å²) in [4.78, 5) is 9.07. The summed E-state index contributed by atoms with van der Waals surface area (Å²) in [5.74, 6) is 1.43. The zero-order valence-electron chi connectivity index (χ0n) is 19.4. The Morgan fingerprint density at radius 3 is 2.76 bits per heavy atom. The molecule has 33 heavy (non-hydrogen) atoms. The molecule has 1 aliphatic carbocycles. The van der Waals surface area contributed by atoms with E-state index in [-0.39, 0.29) is 25.3 Å². The molecule has 3 N–H and O–H groups in total. The molecule has 5 rings (SSSR count). The van der Waals surface area contributed by atoms with E-state index >= 15 is 0 Å². The third-order valence-electron chi connectivity index (χ3n) is 8.37. The Labute approximate surface area is 194 Å². The van der Waals surface area contributed by atoms with Gasteiger partial charge in [-0.15, -0.1) is 0 Å². The van der Waals surface area contributed by atoms with E-state index in [4.69, 9.17) is 4.98 Å². The molecular weight excluding hydrogens is 429 g/mol. The number of aromatic nitrogens is 1. The maximum Gasteiger partial charge on any atom is 0.251 e. The summed E-state index contributed by atoms with van der Waals surface area (Å²) in [5.41, 5.74) is 8.63. The number of fused-ring (bicyclic) bond motifs is 3. The zero-order valence-corrected chi connectivity index (χ0v) is 19.4. The zero-order chi connectivity index (χ0) is 22.9. The number of nitrogens with zero attached hydrogens (tertiary/aromatic N) is 3. The van der Waals surface area contributed by atoms with E-state index in [1.165, 1.54) is 0 Å². The summed E-state index contributed by atoms with van der Waals surface area (Å²) in [6, 6.07) is 4.97. The van der Waals surface area contributed by atoms with E-state index in [0.717, 1.165) is 56.8 Å². The molecule has 0 aromatic carbocycles. The van der Waals surface area contributed by atoms with Crippen LogP contribution in [-0.4, -0.2) is 78.7 Å². The van der Waals surface area contributed by atoms with Crippen molar-refractivity contribution in [1.82, 2.24) is 25.6 Å². The normalized spacial score (nSPS) is 35.3. The van der Waals surface area contributed by atoms with E-state index in [1.54, 1.807) is 0 Å². The number of alkyl halides is 3. The van der Waals surface area contributed by atoms with Gasteiger partial charge in [0.15, 0.2) is 0 Å². The highest BCUT2D eigenvalue weighted by Crippen LogP contribution is 2.51. The van der Waals surface area contributed by atoms with Gasteiger partial charge in [-0.25, -0.2) is 8.78 Å². The Bertz CT molecular complexity index is 774. The van der Waals surface area contributed by atoms with Gasteiger partial charge in [-0.2, -0.15) is 0 Å². The molecule has 3 aliphatic heterocycles. The standard InChI is InChI=1S/C24H37F3N6/c1-15-9-19-18(4-6-21-20(19)11-29-31-21)24(33(15)14-23(26)27)22-5-3-16(10-28-22)30-17-12-32(13-17)8-2-7-25/h3,5,10,15,17-21,23-24,29-31H,2,4,6-9,11-14H2,1H3/t15-,18?,19?,20?,21?,24+/m1/s1. The Hall–Kier alpha value is -1.42. The van der Waals surface area contributed by atoms with Gasteiger partial charge in [0.25, 0.3) is 6.43 Å². The highest BCUT2D eigenvalue weighted by atomic mass is 19.3. The van der Waals surface area contributed by atoms with Crippen LogP contribution in [0.4, 0.5) is 18.9 Å². The smallest absolute Gasteiger partial charge is 0.251 e. The lowest BCUT2D eigenvalue weighted by atomic mass is 9.62. The first-order valence-corrected chi connectivity index (χ1v) is 12.6. The fourth-order valence-corrected chi connectivity index (χ4v) is 6.86. The number of hydrogen-bond donors (Lipinski definition) is 3. The highest BCUT2D eigenvalue weighted by Gasteiger charge is 2.51. The predicted molar refractivity (Wildman–Crippen MR) is 123 cm³/mol. The topological polar surface area (TPSA) is 55.5 Å². The summed E-state index contributed by atoms with van der Waals surface area (Å²) < 4.78 is 39.5. The van der Waals surface area contributed by atoms with Gasteiger partial charge in [0, 0.05) is 38.3 Å². The molecule has 9 heteroatoms. The minimum absolute atomic E-state index is 0.0664. The van der Waals surface area contributed by atoms with Crippen molar-refractivity contribution in [3.05, 3.63) is 24.0 Å². The molecule has 4 heterocycles. The first-order valence-electron chi connectivity index (χ1n) is 12.6. The fraction of sp³-hybridized carbons (Fsp3) is 0.792. The van der Waals surface area contributed by atoms with Gasteiger partial charge >= 0.3 is 0 Å². The van der Waals surface area contributed by atoms with Gasteiger partial charge in [0.05, 0.1) is 42.9 Å². The molecule has 0 radical (unpaired) electrons. The first kappa shape index (κ1) is 23.3. The van der Waals surface area contributed by atoms with Crippen LogP contribution in [0.5, 0.6) is 0 Å². The second-order valence-electron chi connectivity index (χ2n) is 10.4. The number of likely N-dealkylation sites (tertiary alicyclic amines) is 2. The third-order valence-corrected chi connectivity index (χ3v) is 8.37. The molecule has 6 atom stereocenters. The molecule has 4 fully saturated rings. The van der Waals surface area contributed by atoms with Crippen molar-refractivity contribution >= 4 is 5.69 Å². The molecule has 6 nitrogen and oxygen atoms in total. The molecule has 0 bridgehead atoms.